The van der Waals surface area contributed by atoms with E-state index in [1.807, 2.05) is 0 Å². The van der Waals surface area contributed by atoms with Crippen molar-refractivity contribution < 1.29 is 9.13 Å². The Labute approximate surface area is 93.2 Å². The Morgan fingerprint density at radius 3 is 2.67 bits per heavy atom. The molecular weight excluding hydrogens is 219 g/mol. The van der Waals surface area contributed by atoms with Crippen LogP contribution in [0.5, 0.6) is 5.75 Å². The molecule has 5 heteroatoms. The Balaban J connectivity index is 3.07. The van der Waals surface area contributed by atoms with Crippen molar-refractivity contribution in [2.45, 2.75) is 13.0 Å². The molecule has 0 aliphatic heterocycles. The molecule has 0 fully saturated rings. The summed E-state index contributed by atoms with van der Waals surface area (Å²) in [6.45, 7) is 2.36. The standard InChI is InChI=1S/C10H14ClFN2O/c1-2-15-10-7(11)3-6(4-8(10)12)9(14)5-13/h3-4,9H,2,5,13-14H2,1H3/t9-/m0/s1. The zero-order chi connectivity index (χ0) is 11.4. The summed E-state index contributed by atoms with van der Waals surface area (Å²) in [5.41, 5.74) is 11.6. The SMILES string of the molecule is CCOc1c(F)cc([C@@H](N)CN)cc1Cl. The highest BCUT2D eigenvalue weighted by molar-refractivity contribution is 6.32. The lowest BCUT2D eigenvalue weighted by molar-refractivity contribution is 0.321. The van der Waals surface area contributed by atoms with E-state index in [1.165, 1.54) is 6.07 Å². The minimum absolute atomic E-state index is 0.0622. The van der Waals surface area contributed by atoms with E-state index in [2.05, 4.69) is 0 Å². The first-order valence-electron chi connectivity index (χ1n) is 4.67. The Kier molecular flexibility index (Phi) is 4.32. The topological polar surface area (TPSA) is 61.3 Å². The number of ether oxygens (including phenoxy) is 1. The predicted molar refractivity (Wildman–Crippen MR) is 58.6 cm³/mol. The summed E-state index contributed by atoms with van der Waals surface area (Å²) in [6, 6.07) is 2.47. The van der Waals surface area contributed by atoms with Crippen LogP contribution in [-0.2, 0) is 0 Å². The molecule has 1 rings (SSSR count). The summed E-state index contributed by atoms with van der Waals surface area (Å²) >= 11 is 5.85. The highest BCUT2D eigenvalue weighted by Gasteiger charge is 2.13. The van der Waals surface area contributed by atoms with Gasteiger partial charge in [-0.05, 0) is 24.6 Å². The van der Waals surface area contributed by atoms with Crippen molar-refractivity contribution >= 4 is 11.6 Å². The Morgan fingerprint density at radius 1 is 1.53 bits per heavy atom. The second-order valence-corrected chi connectivity index (χ2v) is 3.50. The van der Waals surface area contributed by atoms with Crippen LogP contribution in [-0.4, -0.2) is 13.2 Å². The molecule has 15 heavy (non-hydrogen) atoms. The summed E-state index contributed by atoms with van der Waals surface area (Å²) in [7, 11) is 0. The van der Waals surface area contributed by atoms with Crippen molar-refractivity contribution in [3.05, 3.63) is 28.5 Å². The van der Waals surface area contributed by atoms with Crippen molar-refractivity contribution in [3.63, 3.8) is 0 Å². The van der Waals surface area contributed by atoms with Crippen LogP contribution in [0.3, 0.4) is 0 Å². The van der Waals surface area contributed by atoms with Crippen LogP contribution in [0.25, 0.3) is 0 Å². The maximum Gasteiger partial charge on any atom is 0.173 e. The fraction of sp³-hybridized carbons (Fsp3) is 0.400. The summed E-state index contributed by atoms with van der Waals surface area (Å²) in [6.07, 6.45) is 0. The van der Waals surface area contributed by atoms with Crippen LogP contribution in [0.4, 0.5) is 4.39 Å². The monoisotopic (exact) mass is 232 g/mol. The second kappa shape index (κ2) is 5.30. The van der Waals surface area contributed by atoms with Crippen LogP contribution in [0.2, 0.25) is 5.02 Å². The summed E-state index contributed by atoms with van der Waals surface area (Å²) < 4.78 is 18.5. The summed E-state index contributed by atoms with van der Waals surface area (Å²) in [4.78, 5) is 0. The second-order valence-electron chi connectivity index (χ2n) is 3.09. The molecule has 0 spiro atoms. The Hall–Kier alpha value is -0.840. The van der Waals surface area contributed by atoms with Crippen LogP contribution in [0.15, 0.2) is 12.1 Å². The molecule has 1 atom stereocenters. The van der Waals surface area contributed by atoms with Gasteiger partial charge in [-0.25, -0.2) is 4.39 Å². The van der Waals surface area contributed by atoms with E-state index in [0.717, 1.165) is 0 Å². The molecule has 0 aliphatic carbocycles. The molecule has 0 aromatic heterocycles. The molecule has 0 heterocycles. The molecule has 0 radical (unpaired) electrons. The van der Waals surface area contributed by atoms with Gasteiger partial charge in [0, 0.05) is 12.6 Å². The van der Waals surface area contributed by atoms with Gasteiger partial charge in [0.15, 0.2) is 11.6 Å². The van der Waals surface area contributed by atoms with Gasteiger partial charge >= 0.3 is 0 Å². The van der Waals surface area contributed by atoms with Crippen molar-refractivity contribution in [3.8, 4) is 5.75 Å². The number of benzene rings is 1. The summed E-state index contributed by atoms with van der Waals surface area (Å²) in [5, 5.41) is 0.218. The highest BCUT2D eigenvalue weighted by Crippen LogP contribution is 2.30. The molecule has 0 unspecified atom stereocenters. The molecule has 0 saturated carbocycles. The van der Waals surface area contributed by atoms with E-state index in [1.54, 1.807) is 13.0 Å². The van der Waals surface area contributed by atoms with E-state index in [-0.39, 0.29) is 17.3 Å². The van der Waals surface area contributed by atoms with Gasteiger partial charge < -0.3 is 16.2 Å². The fourth-order valence-corrected chi connectivity index (χ4v) is 1.48. The number of hydrogen-bond donors (Lipinski definition) is 2. The van der Waals surface area contributed by atoms with Crippen molar-refractivity contribution in [1.82, 2.24) is 0 Å². The van der Waals surface area contributed by atoms with Gasteiger partial charge in [0.25, 0.3) is 0 Å². The van der Waals surface area contributed by atoms with E-state index < -0.39 is 11.9 Å². The minimum Gasteiger partial charge on any atom is -0.489 e. The van der Waals surface area contributed by atoms with Crippen molar-refractivity contribution in [1.29, 1.82) is 0 Å². The van der Waals surface area contributed by atoms with Crippen LogP contribution in [0.1, 0.15) is 18.5 Å². The van der Waals surface area contributed by atoms with Gasteiger partial charge in [-0.3, -0.25) is 0 Å². The molecule has 1 aromatic rings. The third kappa shape index (κ3) is 2.81. The first-order valence-corrected chi connectivity index (χ1v) is 5.05. The molecule has 0 aliphatic rings. The van der Waals surface area contributed by atoms with Crippen LogP contribution >= 0.6 is 11.6 Å². The van der Waals surface area contributed by atoms with Crippen molar-refractivity contribution in [2.75, 3.05) is 13.2 Å². The van der Waals surface area contributed by atoms with E-state index in [0.29, 0.717) is 12.2 Å². The zero-order valence-electron chi connectivity index (χ0n) is 8.47. The quantitative estimate of drug-likeness (QED) is 0.833. The molecule has 0 bridgehead atoms. The molecule has 4 N–H and O–H groups in total. The Morgan fingerprint density at radius 2 is 2.20 bits per heavy atom. The number of rotatable bonds is 4. The van der Waals surface area contributed by atoms with Gasteiger partial charge in [-0.2, -0.15) is 0 Å². The highest BCUT2D eigenvalue weighted by atomic mass is 35.5. The summed E-state index contributed by atoms with van der Waals surface area (Å²) in [5.74, 6) is -0.449. The fourth-order valence-electron chi connectivity index (χ4n) is 1.21. The van der Waals surface area contributed by atoms with E-state index in [9.17, 15) is 4.39 Å². The zero-order valence-corrected chi connectivity index (χ0v) is 9.22. The number of hydrogen-bond acceptors (Lipinski definition) is 3. The van der Waals surface area contributed by atoms with Gasteiger partial charge in [-0.15, -0.1) is 0 Å². The first-order chi connectivity index (χ1) is 7.10. The molecule has 84 valence electrons. The third-order valence-corrected chi connectivity index (χ3v) is 2.27. The van der Waals surface area contributed by atoms with Gasteiger partial charge in [0.2, 0.25) is 0 Å². The van der Waals surface area contributed by atoms with Gasteiger partial charge in [0.05, 0.1) is 11.6 Å². The lowest BCUT2D eigenvalue weighted by atomic mass is 10.1. The number of nitrogens with two attached hydrogens (primary N) is 2. The lowest BCUT2D eigenvalue weighted by Crippen LogP contribution is -2.20. The van der Waals surface area contributed by atoms with Gasteiger partial charge in [-0.1, -0.05) is 11.6 Å². The first kappa shape index (κ1) is 12.2. The third-order valence-electron chi connectivity index (χ3n) is 1.99. The average Bonchev–Trinajstić information content (AvgIpc) is 2.22. The smallest absolute Gasteiger partial charge is 0.173 e. The largest absolute Gasteiger partial charge is 0.489 e. The van der Waals surface area contributed by atoms with E-state index in [4.69, 9.17) is 27.8 Å². The van der Waals surface area contributed by atoms with Crippen LogP contribution < -0.4 is 16.2 Å². The van der Waals surface area contributed by atoms with Crippen LogP contribution in [0, 0.1) is 5.82 Å². The average molecular weight is 233 g/mol. The molecule has 0 amide bonds. The van der Waals surface area contributed by atoms with Gasteiger partial charge in [0.1, 0.15) is 0 Å². The molecular formula is C10H14ClFN2O. The maximum atomic E-state index is 13.5. The minimum atomic E-state index is -0.511. The normalized spacial score (nSPS) is 12.6. The Bertz CT molecular complexity index is 323. The predicted octanol–water partition coefficient (Wildman–Crippen LogP) is 1.84. The molecule has 1 aromatic carbocycles. The van der Waals surface area contributed by atoms with E-state index >= 15 is 0 Å². The molecule has 0 saturated heterocycles. The van der Waals surface area contributed by atoms with Crippen molar-refractivity contribution in [2.24, 2.45) is 11.5 Å². The lowest BCUT2D eigenvalue weighted by Gasteiger charge is -2.13. The maximum absolute atomic E-state index is 13.5. The number of halogens is 2. The molecule has 3 nitrogen and oxygen atoms in total.